The number of pyridine rings is 1. The van der Waals surface area contributed by atoms with Crippen LogP contribution < -0.4 is 0 Å². The molecule has 0 radical (unpaired) electrons. The van der Waals surface area contributed by atoms with Crippen molar-refractivity contribution in [3.8, 4) is 11.3 Å². The Kier molecular flexibility index (Phi) is 3.30. The Bertz CT molecular complexity index is 1030. The molecular formula is C22H19F2N3. The summed E-state index contributed by atoms with van der Waals surface area (Å²) in [7, 11) is 0. The van der Waals surface area contributed by atoms with Crippen LogP contribution in [0.3, 0.4) is 0 Å². The third-order valence-electron chi connectivity index (χ3n) is 6.76. The zero-order valence-corrected chi connectivity index (χ0v) is 15.2. The summed E-state index contributed by atoms with van der Waals surface area (Å²) >= 11 is 0. The molecule has 2 heterocycles. The van der Waals surface area contributed by atoms with E-state index in [-0.39, 0.29) is 28.0 Å². The van der Waals surface area contributed by atoms with Gasteiger partial charge < -0.3 is 0 Å². The summed E-state index contributed by atoms with van der Waals surface area (Å²) in [6.45, 7) is 4.51. The highest BCUT2D eigenvalue weighted by molar-refractivity contribution is 5.64. The fraction of sp³-hybridized carbons (Fsp3) is 0.318. The molecule has 0 aliphatic heterocycles. The van der Waals surface area contributed by atoms with Gasteiger partial charge in [-0.15, -0.1) is 5.10 Å². The Morgan fingerprint density at radius 2 is 1.81 bits per heavy atom. The van der Waals surface area contributed by atoms with Crippen LogP contribution in [-0.2, 0) is 5.41 Å². The molecule has 27 heavy (non-hydrogen) atoms. The number of rotatable bonds is 2. The van der Waals surface area contributed by atoms with Crippen molar-refractivity contribution in [1.29, 1.82) is 0 Å². The molecule has 0 amide bonds. The molecule has 2 atom stereocenters. The minimum Gasteiger partial charge on any atom is -0.264 e. The number of hydrogen-bond acceptors (Lipinski definition) is 3. The van der Waals surface area contributed by atoms with Crippen LogP contribution in [0, 0.1) is 17.0 Å². The van der Waals surface area contributed by atoms with Crippen molar-refractivity contribution in [3.63, 3.8) is 0 Å². The van der Waals surface area contributed by atoms with Crippen LogP contribution in [0.2, 0.25) is 0 Å². The number of fused-ring (bicyclic) bond motifs is 5. The maximum atomic E-state index is 14.3. The van der Waals surface area contributed by atoms with E-state index in [1.54, 1.807) is 6.20 Å². The third kappa shape index (κ3) is 1.97. The van der Waals surface area contributed by atoms with Gasteiger partial charge in [0.2, 0.25) is 0 Å². The summed E-state index contributed by atoms with van der Waals surface area (Å²) in [5.41, 5.74) is 2.94. The lowest BCUT2D eigenvalue weighted by Gasteiger charge is -2.38. The number of hydrogen-bond donors (Lipinski definition) is 0. The smallest absolute Gasteiger partial charge is 0.135 e. The van der Waals surface area contributed by atoms with E-state index in [1.807, 2.05) is 18.3 Å². The van der Waals surface area contributed by atoms with Gasteiger partial charge in [0.1, 0.15) is 11.6 Å². The Morgan fingerprint density at radius 3 is 2.52 bits per heavy atom. The minimum absolute atomic E-state index is 0.0700. The highest BCUT2D eigenvalue weighted by Gasteiger charge is 2.64. The van der Waals surface area contributed by atoms with Gasteiger partial charge in [-0.1, -0.05) is 26.0 Å². The average molecular weight is 363 g/mol. The molecule has 2 bridgehead atoms. The van der Waals surface area contributed by atoms with E-state index in [9.17, 15) is 8.78 Å². The van der Waals surface area contributed by atoms with Gasteiger partial charge in [-0.25, -0.2) is 8.78 Å². The van der Waals surface area contributed by atoms with Crippen LogP contribution in [0.15, 0.2) is 48.8 Å². The van der Waals surface area contributed by atoms with Gasteiger partial charge in [0.05, 0.1) is 17.0 Å². The van der Waals surface area contributed by atoms with Gasteiger partial charge in [0, 0.05) is 17.8 Å². The van der Waals surface area contributed by atoms with Crippen molar-refractivity contribution in [2.45, 2.75) is 38.0 Å². The first-order valence-corrected chi connectivity index (χ1v) is 9.20. The van der Waals surface area contributed by atoms with E-state index in [2.05, 4.69) is 35.1 Å². The zero-order chi connectivity index (χ0) is 18.8. The van der Waals surface area contributed by atoms with E-state index in [0.717, 1.165) is 29.7 Å². The van der Waals surface area contributed by atoms with E-state index < -0.39 is 11.6 Å². The van der Waals surface area contributed by atoms with Crippen LogP contribution >= 0.6 is 0 Å². The Balaban J connectivity index is 1.74. The number of halogens is 2. The van der Waals surface area contributed by atoms with Gasteiger partial charge in [0.25, 0.3) is 0 Å². The first-order valence-electron chi connectivity index (χ1n) is 9.20. The zero-order valence-electron chi connectivity index (χ0n) is 15.2. The lowest BCUT2D eigenvalue weighted by molar-refractivity contribution is 0.247. The SMILES string of the molecule is CC1(C)[C@H]2CC[C@]1(c1cccnc1)c1nnc(-c3c(F)cccc3F)cc12. The first kappa shape index (κ1) is 16.5. The molecule has 0 unspecified atom stereocenters. The molecule has 0 spiro atoms. The van der Waals surface area contributed by atoms with Crippen LogP contribution in [0.5, 0.6) is 0 Å². The standard InChI is InChI=1S/C22H19F2N3/c1-21(2)15-8-9-22(21,13-5-4-10-25-12-13)20-14(15)11-18(26-27-20)19-16(23)6-3-7-17(19)24/h3-7,10-12,15H,8-9H2,1-2H3/t15-,22-/m0/s1. The largest absolute Gasteiger partial charge is 0.264 e. The number of nitrogens with zero attached hydrogens (tertiary/aromatic N) is 3. The topological polar surface area (TPSA) is 38.7 Å². The summed E-state index contributed by atoms with van der Waals surface area (Å²) in [6.07, 6.45) is 5.67. The molecule has 0 saturated heterocycles. The maximum absolute atomic E-state index is 14.3. The van der Waals surface area contributed by atoms with Gasteiger partial charge in [-0.2, -0.15) is 5.10 Å². The van der Waals surface area contributed by atoms with E-state index in [1.165, 1.54) is 18.2 Å². The molecule has 3 aromatic rings. The van der Waals surface area contributed by atoms with E-state index in [0.29, 0.717) is 0 Å². The highest BCUT2D eigenvalue weighted by Crippen LogP contribution is 2.69. The first-order chi connectivity index (χ1) is 13.0. The maximum Gasteiger partial charge on any atom is 0.135 e. The molecule has 2 aliphatic rings. The minimum atomic E-state index is -0.617. The van der Waals surface area contributed by atoms with E-state index >= 15 is 0 Å². The molecule has 3 nitrogen and oxygen atoms in total. The predicted octanol–water partition coefficient (Wildman–Crippen LogP) is 5.02. The monoisotopic (exact) mass is 363 g/mol. The fourth-order valence-electron chi connectivity index (χ4n) is 5.45. The van der Waals surface area contributed by atoms with Crippen LogP contribution in [0.4, 0.5) is 8.78 Å². The Morgan fingerprint density at radius 1 is 1.04 bits per heavy atom. The second-order valence-corrected chi connectivity index (χ2v) is 8.09. The fourth-order valence-corrected chi connectivity index (χ4v) is 5.45. The molecule has 136 valence electrons. The number of aromatic nitrogens is 3. The highest BCUT2D eigenvalue weighted by atomic mass is 19.1. The molecule has 1 fully saturated rings. The summed E-state index contributed by atoms with van der Waals surface area (Å²) in [6, 6.07) is 9.74. The molecule has 1 saturated carbocycles. The Labute approximate surface area is 156 Å². The van der Waals surface area contributed by atoms with Gasteiger partial charge in [-0.3, -0.25) is 4.98 Å². The molecular weight excluding hydrogens is 344 g/mol. The van der Waals surface area contributed by atoms with Crippen LogP contribution in [-0.4, -0.2) is 15.2 Å². The quantitative estimate of drug-likeness (QED) is 0.642. The molecule has 1 aromatic carbocycles. The van der Waals surface area contributed by atoms with Gasteiger partial charge in [-0.05, 0) is 59.6 Å². The molecule has 5 heteroatoms. The molecule has 2 aliphatic carbocycles. The van der Waals surface area contributed by atoms with Crippen molar-refractivity contribution in [2.24, 2.45) is 5.41 Å². The lowest BCUT2D eigenvalue weighted by Crippen LogP contribution is -2.37. The van der Waals surface area contributed by atoms with Gasteiger partial charge in [0.15, 0.2) is 0 Å². The normalized spacial score (nSPS) is 24.8. The van der Waals surface area contributed by atoms with Crippen molar-refractivity contribution in [2.75, 3.05) is 0 Å². The van der Waals surface area contributed by atoms with Gasteiger partial charge >= 0.3 is 0 Å². The van der Waals surface area contributed by atoms with Crippen molar-refractivity contribution < 1.29 is 8.78 Å². The summed E-state index contributed by atoms with van der Waals surface area (Å²) < 4.78 is 28.5. The van der Waals surface area contributed by atoms with E-state index in [4.69, 9.17) is 0 Å². The molecule has 2 aromatic heterocycles. The predicted molar refractivity (Wildman–Crippen MR) is 98.2 cm³/mol. The second kappa shape index (κ2) is 5.41. The lowest BCUT2D eigenvalue weighted by atomic mass is 9.65. The summed E-state index contributed by atoms with van der Waals surface area (Å²) in [4.78, 5) is 4.32. The average Bonchev–Trinajstić information content (AvgIpc) is 3.04. The Hall–Kier alpha value is -2.69. The van der Waals surface area contributed by atoms with Crippen LogP contribution in [0.25, 0.3) is 11.3 Å². The molecule has 5 rings (SSSR count). The summed E-state index contributed by atoms with van der Waals surface area (Å²) in [5, 5.41) is 8.78. The summed E-state index contributed by atoms with van der Waals surface area (Å²) in [5.74, 6) is -0.959. The van der Waals surface area contributed by atoms with Crippen LogP contribution in [0.1, 0.15) is 49.4 Å². The third-order valence-corrected chi connectivity index (χ3v) is 6.76. The van der Waals surface area contributed by atoms with Crippen molar-refractivity contribution in [1.82, 2.24) is 15.2 Å². The number of benzene rings is 1. The molecule has 0 N–H and O–H groups in total. The van der Waals surface area contributed by atoms with Crippen molar-refractivity contribution >= 4 is 0 Å². The van der Waals surface area contributed by atoms with Crippen molar-refractivity contribution in [3.05, 3.63) is 77.2 Å². The second-order valence-electron chi connectivity index (χ2n) is 8.09.